The minimum absolute atomic E-state index is 0.0876. The molecule has 0 amide bonds. The van der Waals surface area contributed by atoms with E-state index < -0.39 is 0 Å². The molecule has 0 radical (unpaired) electrons. The Hall–Kier alpha value is -1.05. The summed E-state index contributed by atoms with van der Waals surface area (Å²) in [6.45, 7) is 5.79. The highest BCUT2D eigenvalue weighted by molar-refractivity contribution is 5.90. The lowest BCUT2D eigenvalue weighted by atomic mass is 9.81. The van der Waals surface area contributed by atoms with Crippen molar-refractivity contribution in [3.63, 3.8) is 0 Å². The van der Waals surface area contributed by atoms with Crippen molar-refractivity contribution in [2.75, 3.05) is 0 Å². The molecule has 92 valence electrons. The van der Waals surface area contributed by atoms with E-state index in [1.807, 2.05) is 20.8 Å². The fraction of sp³-hybridized carbons (Fsp3) is 0.667. The van der Waals surface area contributed by atoms with Gasteiger partial charge in [-0.05, 0) is 57.3 Å². The minimum Gasteiger partial charge on any atom is -0.457 e. The molecule has 4 unspecified atom stereocenters. The summed E-state index contributed by atoms with van der Waals surface area (Å²) >= 11 is 0. The van der Waals surface area contributed by atoms with Crippen LogP contribution in [0.5, 0.6) is 0 Å². The maximum Gasteiger partial charge on any atom is 0.334 e. The van der Waals surface area contributed by atoms with Gasteiger partial charge in [-0.15, -0.1) is 0 Å². The third-order valence-electron chi connectivity index (χ3n) is 4.23. The lowest BCUT2D eigenvalue weighted by molar-refractivity contribution is -0.150. The summed E-state index contributed by atoms with van der Waals surface area (Å²) in [5.41, 5.74) is 0.572. The zero-order chi connectivity index (χ0) is 12.2. The summed E-state index contributed by atoms with van der Waals surface area (Å²) in [6.07, 6.45) is 9.11. The highest BCUT2D eigenvalue weighted by Crippen LogP contribution is 2.55. The second-order valence-corrected chi connectivity index (χ2v) is 6.54. The number of allylic oxidation sites excluding steroid dienone is 3. The van der Waals surface area contributed by atoms with Crippen LogP contribution in [0.2, 0.25) is 0 Å². The van der Waals surface area contributed by atoms with Gasteiger partial charge in [0.25, 0.3) is 0 Å². The zero-order valence-electron chi connectivity index (χ0n) is 10.8. The van der Waals surface area contributed by atoms with Crippen molar-refractivity contribution in [1.29, 1.82) is 0 Å². The normalized spacial score (nSPS) is 38.2. The summed E-state index contributed by atoms with van der Waals surface area (Å²) < 4.78 is 5.50. The van der Waals surface area contributed by atoms with E-state index in [-0.39, 0.29) is 11.6 Å². The molecule has 2 heteroatoms. The molecule has 1 saturated carbocycles. The quantitative estimate of drug-likeness (QED) is 0.513. The second-order valence-electron chi connectivity index (χ2n) is 6.54. The van der Waals surface area contributed by atoms with Crippen molar-refractivity contribution >= 4 is 5.97 Å². The zero-order valence-corrected chi connectivity index (χ0v) is 10.8. The van der Waals surface area contributed by atoms with Gasteiger partial charge in [0.2, 0.25) is 0 Å². The van der Waals surface area contributed by atoms with E-state index in [9.17, 15) is 4.79 Å². The van der Waals surface area contributed by atoms with E-state index in [0.29, 0.717) is 23.7 Å². The van der Waals surface area contributed by atoms with E-state index in [0.717, 1.165) is 18.4 Å². The summed E-state index contributed by atoms with van der Waals surface area (Å²) in [4.78, 5) is 12.1. The largest absolute Gasteiger partial charge is 0.457 e. The molecule has 0 saturated heterocycles. The predicted molar refractivity (Wildman–Crippen MR) is 66.3 cm³/mol. The van der Waals surface area contributed by atoms with Gasteiger partial charge >= 0.3 is 5.97 Å². The van der Waals surface area contributed by atoms with Crippen LogP contribution in [0.3, 0.4) is 0 Å². The van der Waals surface area contributed by atoms with Crippen LogP contribution in [-0.4, -0.2) is 11.6 Å². The number of rotatable bonds is 1. The molecule has 4 atom stereocenters. The fourth-order valence-corrected chi connectivity index (χ4v) is 3.66. The van der Waals surface area contributed by atoms with Crippen LogP contribution in [0.1, 0.15) is 33.6 Å². The first-order valence-electron chi connectivity index (χ1n) is 6.57. The van der Waals surface area contributed by atoms with Gasteiger partial charge in [-0.2, -0.15) is 0 Å². The Kier molecular flexibility index (Phi) is 2.26. The average molecular weight is 232 g/mol. The average Bonchev–Trinajstić information content (AvgIpc) is 2.87. The number of carbonyl (C=O) groups is 1. The van der Waals surface area contributed by atoms with E-state index in [1.165, 1.54) is 0 Å². The molecular weight excluding hydrogens is 212 g/mol. The minimum atomic E-state index is -0.382. The molecule has 0 heterocycles. The topological polar surface area (TPSA) is 26.3 Å². The van der Waals surface area contributed by atoms with Crippen molar-refractivity contribution in [2.45, 2.75) is 39.2 Å². The molecule has 2 nitrogen and oxygen atoms in total. The van der Waals surface area contributed by atoms with E-state index in [4.69, 9.17) is 4.74 Å². The van der Waals surface area contributed by atoms with Crippen LogP contribution in [0, 0.1) is 23.7 Å². The fourth-order valence-electron chi connectivity index (χ4n) is 3.66. The molecule has 0 aliphatic heterocycles. The van der Waals surface area contributed by atoms with Crippen molar-refractivity contribution in [3.8, 4) is 0 Å². The Balaban J connectivity index is 1.77. The van der Waals surface area contributed by atoms with Crippen molar-refractivity contribution in [1.82, 2.24) is 0 Å². The third-order valence-corrected chi connectivity index (χ3v) is 4.23. The van der Waals surface area contributed by atoms with Crippen LogP contribution in [0.15, 0.2) is 23.8 Å². The van der Waals surface area contributed by atoms with Gasteiger partial charge in [0.1, 0.15) is 5.60 Å². The van der Waals surface area contributed by atoms with Gasteiger partial charge in [-0.25, -0.2) is 4.79 Å². The van der Waals surface area contributed by atoms with Crippen LogP contribution in [-0.2, 0) is 9.53 Å². The Morgan fingerprint density at radius 2 is 2.18 bits per heavy atom. The molecule has 3 aliphatic carbocycles. The summed E-state index contributed by atoms with van der Waals surface area (Å²) in [7, 11) is 0. The van der Waals surface area contributed by atoms with E-state index in [2.05, 4.69) is 18.2 Å². The lowest BCUT2D eigenvalue weighted by Gasteiger charge is -2.26. The first-order chi connectivity index (χ1) is 7.96. The van der Waals surface area contributed by atoms with Gasteiger partial charge in [0.15, 0.2) is 0 Å². The van der Waals surface area contributed by atoms with Gasteiger partial charge in [0, 0.05) is 5.57 Å². The molecule has 3 aliphatic rings. The van der Waals surface area contributed by atoms with E-state index >= 15 is 0 Å². The number of carbonyl (C=O) groups excluding carboxylic acids is 1. The van der Waals surface area contributed by atoms with Crippen molar-refractivity contribution in [3.05, 3.63) is 23.8 Å². The van der Waals surface area contributed by atoms with Gasteiger partial charge in [0.05, 0.1) is 0 Å². The van der Waals surface area contributed by atoms with Crippen LogP contribution < -0.4 is 0 Å². The van der Waals surface area contributed by atoms with Crippen molar-refractivity contribution < 1.29 is 9.53 Å². The van der Waals surface area contributed by atoms with E-state index in [1.54, 1.807) is 0 Å². The van der Waals surface area contributed by atoms with Gasteiger partial charge in [-0.1, -0.05) is 18.2 Å². The van der Waals surface area contributed by atoms with Crippen LogP contribution in [0.4, 0.5) is 0 Å². The number of hydrogen-bond acceptors (Lipinski definition) is 2. The number of ether oxygens (including phenoxy) is 1. The molecule has 0 spiro atoms. The smallest absolute Gasteiger partial charge is 0.334 e. The Morgan fingerprint density at radius 3 is 2.88 bits per heavy atom. The van der Waals surface area contributed by atoms with Gasteiger partial charge in [-0.3, -0.25) is 0 Å². The molecule has 0 aromatic heterocycles. The molecule has 0 N–H and O–H groups in total. The standard InChI is InChI=1S/C15H20O2/c1-15(2,3)17-14(16)13-8-9-7-12(13)11-6-4-5-10(9)11/h4-5,8-12H,6-7H2,1-3H3. The monoisotopic (exact) mass is 232 g/mol. The lowest BCUT2D eigenvalue weighted by Crippen LogP contribution is -2.29. The molecule has 0 aromatic carbocycles. The summed E-state index contributed by atoms with van der Waals surface area (Å²) in [5, 5.41) is 0. The van der Waals surface area contributed by atoms with Crippen LogP contribution >= 0.6 is 0 Å². The maximum absolute atomic E-state index is 12.1. The van der Waals surface area contributed by atoms with Crippen LogP contribution in [0.25, 0.3) is 0 Å². The Bertz CT molecular complexity index is 411. The molecule has 2 bridgehead atoms. The number of hydrogen-bond donors (Lipinski definition) is 0. The first-order valence-corrected chi connectivity index (χ1v) is 6.57. The molecule has 1 fully saturated rings. The second kappa shape index (κ2) is 3.47. The Morgan fingerprint density at radius 1 is 1.41 bits per heavy atom. The summed E-state index contributed by atoms with van der Waals surface area (Å²) in [6, 6.07) is 0. The number of fused-ring (bicyclic) bond motifs is 5. The number of esters is 1. The molecule has 0 aromatic rings. The molecule has 3 rings (SSSR count). The predicted octanol–water partition coefficient (Wildman–Crippen LogP) is 3.10. The summed E-state index contributed by atoms with van der Waals surface area (Å²) in [5.74, 6) is 2.33. The van der Waals surface area contributed by atoms with Gasteiger partial charge < -0.3 is 4.74 Å². The maximum atomic E-state index is 12.1. The van der Waals surface area contributed by atoms with Crippen molar-refractivity contribution in [2.24, 2.45) is 23.7 Å². The first kappa shape index (κ1) is 11.1. The highest BCUT2D eigenvalue weighted by Gasteiger charge is 2.50. The highest BCUT2D eigenvalue weighted by atomic mass is 16.6. The molecule has 17 heavy (non-hydrogen) atoms. The Labute approximate surface area is 103 Å². The molecular formula is C15H20O2. The third kappa shape index (κ3) is 1.74. The SMILES string of the molecule is CC(C)(C)OC(=O)C1=CC2CC1C1CC=CC21.